The summed E-state index contributed by atoms with van der Waals surface area (Å²) < 4.78 is 0.378. The van der Waals surface area contributed by atoms with E-state index in [1.165, 1.54) is 0 Å². The standard InChI is InChI=1S/C10H14BrNO2/c1-6-5-7(3-4-12-2)10(14)8(11)9(6)13/h5,12-14H,3-4H2,1-2H3. The first-order valence-corrected chi connectivity index (χ1v) is 5.21. The summed E-state index contributed by atoms with van der Waals surface area (Å²) in [5, 5.41) is 22.2. The summed E-state index contributed by atoms with van der Waals surface area (Å²) in [7, 11) is 1.86. The molecule has 14 heavy (non-hydrogen) atoms. The Labute approximate surface area is 91.9 Å². The Morgan fingerprint density at radius 2 is 2.00 bits per heavy atom. The normalized spacial score (nSPS) is 10.5. The Balaban J connectivity index is 3.06. The van der Waals surface area contributed by atoms with Gasteiger partial charge >= 0.3 is 0 Å². The van der Waals surface area contributed by atoms with E-state index >= 15 is 0 Å². The van der Waals surface area contributed by atoms with Crippen LogP contribution in [0.15, 0.2) is 10.5 Å². The van der Waals surface area contributed by atoms with Gasteiger partial charge in [-0.15, -0.1) is 0 Å². The van der Waals surface area contributed by atoms with Crippen molar-refractivity contribution in [2.45, 2.75) is 13.3 Å². The van der Waals surface area contributed by atoms with Crippen molar-refractivity contribution in [2.24, 2.45) is 0 Å². The van der Waals surface area contributed by atoms with Gasteiger partial charge in [-0.1, -0.05) is 0 Å². The van der Waals surface area contributed by atoms with Gasteiger partial charge in [0.05, 0.1) is 0 Å². The fraction of sp³-hybridized carbons (Fsp3) is 0.400. The van der Waals surface area contributed by atoms with Crippen LogP contribution < -0.4 is 5.32 Å². The zero-order valence-corrected chi connectivity index (χ0v) is 9.85. The van der Waals surface area contributed by atoms with Crippen LogP contribution in [0.1, 0.15) is 11.1 Å². The highest BCUT2D eigenvalue weighted by molar-refractivity contribution is 9.10. The van der Waals surface area contributed by atoms with Crippen molar-refractivity contribution in [1.29, 1.82) is 0 Å². The smallest absolute Gasteiger partial charge is 0.136 e. The summed E-state index contributed by atoms with van der Waals surface area (Å²) >= 11 is 3.15. The van der Waals surface area contributed by atoms with Crippen molar-refractivity contribution in [2.75, 3.05) is 13.6 Å². The average molecular weight is 260 g/mol. The number of rotatable bonds is 3. The van der Waals surface area contributed by atoms with Gasteiger partial charge in [0.25, 0.3) is 0 Å². The second-order valence-corrected chi connectivity index (χ2v) is 4.01. The number of halogens is 1. The average Bonchev–Trinajstić information content (AvgIpc) is 2.18. The lowest BCUT2D eigenvalue weighted by Gasteiger charge is -2.10. The fourth-order valence-electron chi connectivity index (χ4n) is 1.27. The maximum atomic E-state index is 9.69. The van der Waals surface area contributed by atoms with Gasteiger partial charge in [0.15, 0.2) is 0 Å². The summed E-state index contributed by atoms with van der Waals surface area (Å²) in [6.45, 7) is 2.60. The Morgan fingerprint density at radius 1 is 1.36 bits per heavy atom. The second-order valence-electron chi connectivity index (χ2n) is 3.22. The third-order valence-electron chi connectivity index (χ3n) is 2.13. The summed E-state index contributed by atoms with van der Waals surface area (Å²) in [5.41, 5.74) is 1.60. The number of aromatic hydroxyl groups is 2. The molecule has 0 atom stereocenters. The largest absolute Gasteiger partial charge is 0.506 e. The summed E-state index contributed by atoms with van der Waals surface area (Å²) in [6, 6.07) is 1.80. The van der Waals surface area contributed by atoms with E-state index in [1.54, 1.807) is 6.07 Å². The predicted molar refractivity (Wildman–Crippen MR) is 59.8 cm³/mol. The van der Waals surface area contributed by atoms with Crippen molar-refractivity contribution in [3.05, 3.63) is 21.7 Å². The lowest BCUT2D eigenvalue weighted by molar-refractivity contribution is 0.437. The van der Waals surface area contributed by atoms with Crippen molar-refractivity contribution in [3.63, 3.8) is 0 Å². The number of phenolic OH excluding ortho intramolecular Hbond substituents is 2. The highest BCUT2D eigenvalue weighted by Gasteiger charge is 2.12. The van der Waals surface area contributed by atoms with Crippen molar-refractivity contribution in [3.8, 4) is 11.5 Å². The molecule has 0 spiro atoms. The quantitative estimate of drug-likeness (QED) is 0.778. The van der Waals surface area contributed by atoms with Gasteiger partial charge in [-0.2, -0.15) is 0 Å². The van der Waals surface area contributed by atoms with Crippen LogP contribution in [0.4, 0.5) is 0 Å². The highest BCUT2D eigenvalue weighted by atomic mass is 79.9. The Bertz CT molecular complexity index is 339. The van der Waals surface area contributed by atoms with Crippen LogP contribution in [0.2, 0.25) is 0 Å². The molecule has 3 N–H and O–H groups in total. The lowest BCUT2D eigenvalue weighted by atomic mass is 10.1. The molecule has 4 heteroatoms. The second kappa shape index (κ2) is 4.66. The number of nitrogens with one attached hydrogen (secondary N) is 1. The topological polar surface area (TPSA) is 52.5 Å². The molecular formula is C10H14BrNO2. The molecule has 0 fully saturated rings. The number of phenols is 2. The monoisotopic (exact) mass is 259 g/mol. The van der Waals surface area contributed by atoms with Gasteiger partial charge in [-0.3, -0.25) is 0 Å². The molecule has 0 aliphatic rings. The first kappa shape index (κ1) is 11.3. The summed E-state index contributed by atoms with van der Waals surface area (Å²) in [5.74, 6) is 0.235. The minimum Gasteiger partial charge on any atom is -0.506 e. The molecule has 1 aromatic carbocycles. The molecule has 3 nitrogen and oxygen atoms in total. The highest BCUT2D eigenvalue weighted by Crippen LogP contribution is 2.38. The molecule has 0 saturated heterocycles. The molecule has 0 radical (unpaired) electrons. The first-order chi connectivity index (χ1) is 6.57. The minimum absolute atomic E-state index is 0.107. The zero-order chi connectivity index (χ0) is 10.7. The molecule has 1 aromatic rings. The van der Waals surface area contributed by atoms with Crippen LogP contribution in [0.3, 0.4) is 0 Å². The molecule has 0 saturated carbocycles. The van der Waals surface area contributed by atoms with Gasteiger partial charge in [0.1, 0.15) is 16.0 Å². The van der Waals surface area contributed by atoms with Crippen LogP contribution in [-0.4, -0.2) is 23.8 Å². The summed E-state index contributed by atoms with van der Waals surface area (Å²) in [6.07, 6.45) is 0.738. The number of benzene rings is 1. The lowest BCUT2D eigenvalue weighted by Crippen LogP contribution is -2.10. The number of hydrogen-bond donors (Lipinski definition) is 3. The maximum Gasteiger partial charge on any atom is 0.136 e. The van der Waals surface area contributed by atoms with Crippen LogP contribution >= 0.6 is 15.9 Å². The SMILES string of the molecule is CNCCc1cc(C)c(O)c(Br)c1O. The van der Waals surface area contributed by atoms with Crippen LogP contribution in [0, 0.1) is 6.92 Å². The molecule has 0 heterocycles. The van der Waals surface area contributed by atoms with Crippen LogP contribution in [-0.2, 0) is 6.42 Å². The van der Waals surface area contributed by atoms with E-state index < -0.39 is 0 Å². The van der Waals surface area contributed by atoms with Gasteiger partial charge in [-0.05, 0) is 60.1 Å². The van der Waals surface area contributed by atoms with Crippen LogP contribution in [0.25, 0.3) is 0 Å². The molecule has 0 aliphatic heterocycles. The Hall–Kier alpha value is -0.740. The molecule has 78 valence electrons. The molecular weight excluding hydrogens is 246 g/mol. The van der Waals surface area contributed by atoms with Gasteiger partial charge in [0, 0.05) is 0 Å². The predicted octanol–water partition coefficient (Wildman–Crippen LogP) is 1.93. The minimum atomic E-state index is 0.107. The van der Waals surface area contributed by atoms with Gasteiger partial charge in [-0.25, -0.2) is 0 Å². The molecule has 0 bridgehead atoms. The summed E-state index contributed by atoms with van der Waals surface area (Å²) in [4.78, 5) is 0. The molecule has 0 aliphatic carbocycles. The fourth-order valence-corrected chi connectivity index (χ4v) is 1.84. The Morgan fingerprint density at radius 3 is 2.57 bits per heavy atom. The van der Waals surface area contributed by atoms with E-state index in [9.17, 15) is 10.2 Å². The van der Waals surface area contributed by atoms with Gasteiger partial charge < -0.3 is 15.5 Å². The van der Waals surface area contributed by atoms with E-state index in [1.807, 2.05) is 14.0 Å². The van der Waals surface area contributed by atoms with E-state index in [0.29, 0.717) is 4.47 Å². The molecule has 0 unspecified atom stereocenters. The first-order valence-electron chi connectivity index (χ1n) is 4.42. The van der Waals surface area contributed by atoms with Crippen molar-refractivity contribution < 1.29 is 10.2 Å². The van der Waals surface area contributed by atoms with E-state index in [4.69, 9.17) is 0 Å². The van der Waals surface area contributed by atoms with E-state index in [0.717, 1.165) is 24.1 Å². The van der Waals surface area contributed by atoms with E-state index in [2.05, 4.69) is 21.2 Å². The molecule has 1 rings (SSSR count). The third-order valence-corrected chi connectivity index (χ3v) is 2.88. The van der Waals surface area contributed by atoms with Crippen molar-refractivity contribution >= 4 is 15.9 Å². The maximum absolute atomic E-state index is 9.69. The zero-order valence-electron chi connectivity index (χ0n) is 8.26. The molecule has 0 amide bonds. The van der Waals surface area contributed by atoms with Gasteiger partial charge in [0.2, 0.25) is 0 Å². The molecule has 0 aromatic heterocycles. The van der Waals surface area contributed by atoms with E-state index in [-0.39, 0.29) is 11.5 Å². The number of likely N-dealkylation sites (N-methyl/N-ethyl adjacent to an activating group) is 1. The number of aryl methyl sites for hydroxylation is 1. The number of hydrogen-bond acceptors (Lipinski definition) is 3. The Kier molecular flexibility index (Phi) is 3.77. The van der Waals surface area contributed by atoms with Crippen molar-refractivity contribution in [1.82, 2.24) is 5.32 Å². The van der Waals surface area contributed by atoms with Crippen LogP contribution in [0.5, 0.6) is 11.5 Å². The third kappa shape index (κ3) is 2.19.